The SMILES string of the molecule is Cc1ccncc1C(=O)C1(C)CCCC1N. The third-order valence-electron chi connectivity index (χ3n) is 3.83. The molecule has 0 aromatic carbocycles. The molecule has 1 heterocycles. The number of aryl methyl sites for hydroxylation is 1. The first-order valence-corrected chi connectivity index (χ1v) is 5.77. The summed E-state index contributed by atoms with van der Waals surface area (Å²) in [5, 5.41) is 0. The number of ketones is 1. The molecular weight excluding hydrogens is 200 g/mol. The van der Waals surface area contributed by atoms with Gasteiger partial charge in [-0.2, -0.15) is 0 Å². The lowest BCUT2D eigenvalue weighted by atomic mass is 9.77. The molecule has 2 unspecified atom stereocenters. The molecule has 2 N–H and O–H groups in total. The summed E-state index contributed by atoms with van der Waals surface area (Å²) >= 11 is 0. The standard InChI is InChI=1S/C13H18N2O/c1-9-5-7-15-8-10(9)12(16)13(2)6-3-4-11(13)14/h5,7-8,11H,3-4,6,14H2,1-2H3. The minimum absolute atomic E-state index is 0.0143. The molecule has 1 aromatic heterocycles. The van der Waals surface area contributed by atoms with Gasteiger partial charge in [0.05, 0.1) is 0 Å². The van der Waals surface area contributed by atoms with Crippen molar-refractivity contribution >= 4 is 5.78 Å². The van der Waals surface area contributed by atoms with Crippen LogP contribution in [0.3, 0.4) is 0 Å². The van der Waals surface area contributed by atoms with Crippen molar-refractivity contribution in [3.8, 4) is 0 Å². The van der Waals surface area contributed by atoms with E-state index >= 15 is 0 Å². The maximum Gasteiger partial charge on any atom is 0.172 e. The molecule has 3 heteroatoms. The Bertz CT molecular complexity index is 416. The molecule has 0 aliphatic heterocycles. The lowest BCUT2D eigenvalue weighted by Gasteiger charge is -2.27. The molecule has 0 amide bonds. The lowest BCUT2D eigenvalue weighted by Crippen LogP contribution is -2.41. The average molecular weight is 218 g/mol. The van der Waals surface area contributed by atoms with E-state index in [0.29, 0.717) is 0 Å². The normalized spacial score (nSPS) is 29.3. The highest BCUT2D eigenvalue weighted by atomic mass is 16.1. The zero-order valence-corrected chi connectivity index (χ0v) is 9.86. The molecule has 1 fully saturated rings. The van der Waals surface area contributed by atoms with Crippen LogP contribution in [0.15, 0.2) is 18.5 Å². The Hall–Kier alpha value is -1.22. The number of rotatable bonds is 2. The van der Waals surface area contributed by atoms with Crippen LogP contribution in [-0.4, -0.2) is 16.8 Å². The summed E-state index contributed by atoms with van der Waals surface area (Å²) in [5.41, 5.74) is 7.38. The third kappa shape index (κ3) is 1.65. The van der Waals surface area contributed by atoms with E-state index < -0.39 is 5.41 Å². The van der Waals surface area contributed by atoms with E-state index in [-0.39, 0.29) is 11.8 Å². The van der Waals surface area contributed by atoms with Crippen molar-refractivity contribution in [1.29, 1.82) is 0 Å². The Morgan fingerprint density at radius 1 is 1.62 bits per heavy atom. The summed E-state index contributed by atoms with van der Waals surface area (Å²) in [6, 6.07) is 1.86. The quantitative estimate of drug-likeness (QED) is 0.773. The first-order valence-electron chi connectivity index (χ1n) is 5.77. The van der Waals surface area contributed by atoms with Crippen LogP contribution in [0.5, 0.6) is 0 Å². The van der Waals surface area contributed by atoms with E-state index in [1.807, 2.05) is 19.9 Å². The molecule has 86 valence electrons. The fraction of sp³-hybridized carbons (Fsp3) is 0.538. The van der Waals surface area contributed by atoms with Gasteiger partial charge in [-0.1, -0.05) is 13.3 Å². The lowest BCUT2D eigenvalue weighted by molar-refractivity contribution is 0.0801. The summed E-state index contributed by atoms with van der Waals surface area (Å²) in [6.07, 6.45) is 6.25. The fourth-order valence-corrected chi connectivity index (χ4v) is 2.48. The van der Waals surface area contributed by atoms with Gasteiger partial charge in [-0.05, 0) is 31.4 Å². The van der Waals surface area contributed by atoms with Crippen molar-refractivity contribution in [1.82, 2.24) is 4.98 Å². The molecule has 3 nitrogen and oxygen atoms in total. The number of nitrogens with zero attached hydrogens (tertiary/aromatic N) is 1. The van der Waals surface area contributed by atoms with Gasteiger partial charge in [0.25, 0.3) is 0 Å². The maximum atomic E-state index is 12.5. The molecule has 0 radical (unpaired) electrons. The smallest absolute Gasteiger partial charge is 0.172 e. The largest absolute Gasteiger partial charge is 0.327 e. The number of Topliss-reactive ketones (excluding diaryl/α,β-unsaturated/α-hetero) is 1. The predicted molar refractivity (Wildman–Crippen MR) is 63.2 cm³/mol. The van der Waals surface area contributed by atoms with E-state index in [9.17, 15) is 4.79 Å². The van der Waals surface area contributed by atoms with Gasteiger partial charge in [0, 0.05) is 29.4 Å². The van der Waals surface area contributed by atoms with Gasteiger partial charge in [0.1, 0.15) is 0 Å². The van der Waals surface area contributed by atoms with Crippen molar-refractivity contribution in [3.05, 3.63) is 29.6 Å². The van der Waals surface area contributed by atoms with E-state index in [1.54, 1.807) is 12.4 Å². The Morgan fingerprint density at radius 3 is 2.94 bits per heavy atom. The number of pyridine rings is 1. The Morgan fingerprint density at radius 2 is 2.38 bits per heavy atom. The van der Waals surface area contributed by atoms with Gasteiger partial charge >= 0.3 is 0 Å². The topological polar surface area (TPSA) is 56.0 Å². The number of hydrogen-bond acceptors (Lipinski definition) is 3. The van der Waals surface area contributed by atoms with E-state index in [1.165, 1.54) is 0 Å². The minimum Gasteiger partial charge on any atom is -0.327 e. The van der Waals surface area contributed by atoms with Gasteiger partial charge in [-0.15, -0.1) is 0 Å². The molecular formula is C13H18N2O. The van der Waals surface area contributed by atoms with Crippen molar-refractivity contribution in [3.63, 3.8) is 0 Å². The number of carbonyl (C=O) groups is 1. The molecule has 1 saturated carbocycles. The summed E-state index contributed by atoms with van der Waals surface area (Å²) in [6.45, 7) is 3.93. The van der Waals surface area contributed by atoms with E-state index in [2.05, 4.69) is 4.98 Å². The first-order chi connectivity index (χ1) is 7.55. The monoisotopic (exact) mass is 218 g/mol. The van der Waals surface area contributed by atoms with Crippen molar-refractivity contribution in [2.24, 2.45) is 11.1 Å². The van der Waals surface area contributed by atoms with Crippen LogP contribution in [0.2, 0.25) is 0 Å². The van der Waals surface area contributed by atoms with Crippen LogP contribution < -0.4 is 5.73 Å². The van der Waals surface area contributed by atoms with Crippen molar-refractivity contribution in [2.75, 3.05) is 0 Å². The van der Waals surface area contributed by atoms with Crippen LogP contribution >= 0.6 is 0 Å². The Balaban J connectivity index is 2.36. The number of carbonyl (C=O) groups excluding carboxylic acids is 1. The van der Waals surface area contributed by atoms with E-state index in [4.69, 9.17) is 5.73 Å². The zero-order valence-electron chi connectivity index (χ0n) is 9.86. The second kappa shape index (κ2) is 3.98. The highest BCUT2D eigenvalue weighted by Crippen LogP contribution is 2.39. The van der Waals surface area contributed by atoms with Crippen LogP contribution in [-0.2, 0) is 0 Å². The number of hydrogen-bond donors (Lipinski definition) is 1. The second-order valence-electron chi connectivity index (χ2n) is 4.94. The van der Waals surface area contributed by atoms with Gasteiger partial charge in [0.2, 0.25) is 0 Å². The molecule has 2 rings (SSSR count). The zero-order chi connectivity index (χ0) is 11.8. The van der Waals surface area contributed by atoms with Gasteiger partial charge in [-0.3, -0.25) is 9.78 Å². The summed E-state index contributed by atoms with van der Waals surface area (Å²) in [4.78, 5) is 16.5. The molecule has 0 bridgehead atoms. The predicted octanol–water partition coefficient (Wildman–Crippen LogP) is 2.09. The molecule has 16 heavy (non-hydrogen) atoms. The molecule has 2 atom stereocenters. The average Bonchev–Trinajstić information content (AvgIpc) is 2.60. The van der Waals surface area contributed by atoms with Crippen LogP contribution in [0.4, 0.5) is 0 Å². The summed E-state index contributed by atoms with van der Waals surface area (Å²) < 4.78 is 0. The molecule has 1 aromatic rings. The van der Waals surface area contributed by atoms with Crippen molar-refractivity contribution in [2.45, 2.75) is 39.2 Å². The third-order valence-corrected chi connectivity index (χ3v) is 3.83. The van der Waals surface area contributed by atoms with Crippen LogP contribution in [0.25, 0.3) is 0 Å². The number of nitrogens with two attached hydrogens (primary N) is 1. The molecule has 1 aliphatic carbocycles. The maximum absolute atomic E-state index is 12.5. The highest BCUT2D eigenvalue weighted by Gasteiger charge is 2.43. The first kappa shape index (κ1) is 11.3. The fourth-order valence-electron chi connectivity index (χ4n) is 2.48. The highest BCUT2D eigenvalue weighted by molar-refractivity contribution is 6.01. The molecule has 1 aliphatic rings. The second-order valence-corrected chi connectivity index (χ2v) is 4.94. The van der Waals surface area contributed by atoms with Gasteiger partial charge in [0.15, 0.2) is 5.78 Å². The molecule has 0 spiro atoms. The molecule has 0 saturated heterocycles. The van der Waals surface area contributed by atoms with Gasteiger partial charge < -0.3 is 5.73 Å². The van der Waals surface area contributed by atoms with Gasteiger partial charge in [-0.25, -0.2) is 0 Å². The Labute approximate surface area is 96.1 Å². The number of aromatic nitrogens is 1. The Kier molecular flexibility index (Phi) is 2.80. The minimum atomic E-state index is -0.395. The van der Waals surface area contributed by atoms with Crippen LogP contribution in [0.1, 0.15) is 42.1 Å². The van der Waals surface area contributed by atoms with Crippen LogP contribution in [0, 0.1) is 12.3 Å². The van der Waals surface area contributed by atoms with E-state index in [0.717, 1.165) is 30.4 Å². The van der Waals surface area contributed by atoms with Crippen molar-refractivity contribution < 1.29 is 4.79 Å². The summed E-state index contributed by atoms with van der Waals surface area (Å²) in [7, 11) is 0. The summed E-state index contributed by atoms with van der Waals surface area (Å²) in [5.74, 6) is 0.156.